The number of benzene rings is 2. The number of nitrogens with one attached hydrogen (secondary N) is 1. The molecule has 0 bridgehead atoms. The van der Waals surface area contributed by atoms with Crippen LogP contribution in [0.25, 0.3) is 0 Å². The molecular weight excluding hydrogens is 270 g/mol. The molecular formula is C17H16ClNO. The van der Waals surface area contributed by atoms with E-state index in [0.29, 0.717) is 10.6 Å². The fraction of sp³-hybridized carbons (Fsp3) is 0.235. The number of hydrogen-bond donors (Lipinski definition) is 1. The van der Waals surface area contributed by atoms with Gasteiger partial charge in [-0.25, -0.2) is 0 Å². The zero-order chi connectivity index (χ0) is 14.1. The third kappa shape index (κ3) is 2.44. The van der Waals surface area contributed by atoms with Crippen LogP contribution < -0.4 is 5.32 Å². The maximum Gasteiger partial charge on any atom is 0.193 e. The van der Waals surface area contributed by atoms with Crippen LogP contribution in [-0.4, -0.2) is 12.3 Å². The van der Waals surface area contributed by atoms with Crippen molar-refractivity contribution >= 4 is 23.1 Å². The number of fused-ring (bicyclic) bond motifs is 1. The van der Waals surface area contributed by atoms with Gasteiger partial charge in [0.25, 0.3) is 0 Å². The standard InChI is InChI=1S/C17H16ClNO/c1-11-4-5-14(10-15(11)18)17(20)13-6-7-16-12(9-13)3-2-8-19-16/h4-7,9-10,19H,2-3,8H2,1H3. The van der Waals surface area contributed by atoms with Gasteiger partial charge in [0.05, 0.1) is 0 Å². The van der Waals surface area contributed by atoms with E-state index >= 15 is 0 Å². The van der Waals surface area contributed by atoms with Gasteiger partial charge in [-0.15, -0.1) is 0 Å². The van der Waals surface area contributed by atoms with Crippen LogP contribution in [0.2, 0.25) is 5.02 Å². The maximum atomic E-state index is 12.5. The SMILES string of the molecule is Cc1ccc(C(=O)c2ccc3c(c2)CCCN3)cc1Cl. The van der Waals surface area contributed by atoms with Gasteiger partial charge in [-0.1, -0.05) is 23.7 Å². The van der Waals surface area contributed by atoms with E-state index in [4.69, 9.17) is 11.6 Å². The minimum Gasteiger partial charge on any atom is -0.385 e. The van der Waals surface area contributed by atoms with Crippen molar-refractivity contribution in [3.8, 4) is 0 Å². The lowest BCUT2D eigenvalue weighted by atomic mass is 9.96. The lowest BCUT2D eigenvalue weighted by Gasteiger charge is -2.18. The van der Waals surface area contributed by atoms with Crippen LogP contribution in [-0.2, 0) is 6.42 Å². The van der Waals surface area contributed by atoms with Gasteiger partial charge in [0.2, 0.25) is 0 Å². The number of halogens is 1. The molecule has 2 aromatic carbocycles. The van der Waals surface area contributed by atoms with Crippen molar-refractivity contribution in [1.29, 1.82) is 0 Å². The summed E-state index contributed by atoms with van der Waals surface area (Å²) in [7, 11) is 0. The van der Waals surface area contributed by atoms with Crippen LogP contribution in [0.15, 0.2) is 36.4 Å². The molecule has 0 saturated carbocycles. The molecule has 0 atom stereocenters. The van der Waals surface area contributed by atoms with Gasteiger partial charge in [-0.2, -0.15) is 0 Å². The monoisotopic (exact) mass is 285 g/mol. The van der Waals surface area contributed by atoms with Gasteiger partial charge in [0, 0.05) is 28.4 Å². The predicted molar refractivity (Wildman–Crippen MR) is 82.9 cm³/mol. The summed E-state index contributed by atoms with van der Waals surface area (Å²) in [5.74, 6) is 0.0280. The average molecular weight is 286 g/mol. The summed E-state index contributed by atoms with van der Waals surface area (Å²) >= 11 is 6.10. The normalized spacial score (nSPS) is 13.5. The molecule has 1 aliphatic rings. The number of ketones is 1. The number of rotatable bonds is 2. The van der Waals surface area contributed by atoms with E-state index in [-0.39, 0.29) is 5.78 Å². The number of carbonyl (C=O) groups is 1. The summed E-state index contributed by atoms with van der Waals surface area (Å²) in [5.41, 5.74) is 4.73. The Kier molecular flexibility index (Phi) is 3.49. The Bertz CT molecular complexity index is 679. The second kappa shape index (κ2) is 5.29. The van der Waals surface area contributed by atoms with E-state index in [1.54, 1.807) is 6.07 Å². The number of anilines is 1. The summed E-state index contributed by atoms with van der Waals surface area (Å²) in [6.07, 6.45) is 2.14. The molecule has 2 nitrogen and oxygen atoms in total. The van der Waals surface area contributed by atoms with Crippen molar-refractivity contribution in [3.63, 3.8) is 0 Å². The van der Waals surface area contributed by atoms with Crippen molar-refractivity contribution in [3.05, 3.63) is 63.7 Å². The quantitative estimate of drug-likeness (QED) is 0.836. The molecule has 102 valence electrons. The summed E-state index contributed by atoms with van der Waals surface area (Å²) in [6.45, 7) is 2.94. The Balaban J connectivity index is 1.95. The van der Waals surface area contributed by atoms with Crippen molar-refractivity contribution in [2.75, 3.05) is 11.9 Å². The van der Waals surface area contributed by atoms with Crippen LogP contribution in [0, 0.1) is 6.92 Å². The molecule has 20 heavy (non-hydrogen) atoms. The molecule has 1 heterocycles. The zero-order valence-electron chi connectivity index (χ0n) is 11.4. The first-order valence-electron chi connectivity index (χ1n) is 6.83. The Hall–Kier alpha value is -1.80. The first-order chi connectivity index (χ1) is 9.65. The van der Waals surface area contributed by atoms with Crippen LogP contribution in [0.3, 0.4) is 0 Å². The van der Waals surface area contributed by atoms with E-state index < -0.39 is 0 Å². The van der Waals surface area contributed by atoms with E-state index in [1.807, 2.05) is 37.3 Å². The number of carbonyl (C=O) groups excluding carboxylic acids is 1. The Morgan fingerprint density at radius 2 is 1.90 bits per heavy atom. The average Bonchev–Trinajstić information content (AvgIpc) is 2.49. The largest absolute Gasteiger partial charge is 0.385 e. The third-order valence-electron chi connectivity index (χ3n) is 3.74. The Morgan fingerprint density at radius 3 is 2.70 bits per heavy atom. The third-order valence-corrected chi connectivity index (χ3v) is 4.15. The van der Waals surface area contributed by atoms with Crippen LogP contribution in [0.4, 0.5) is 5.69 Å². The molecule has 0 aliphatic carbocycles. The van der Waals surface area contributed by atoms with Crippen molar-refractivity contribution in [2.45, 2.75) is 19.8 Å². The fourth-order valence-corrected chi connectivity index (χ4v) is 2.70. The second-order valence-corrected chi connectivity index (χ2v) is 5.60. The Labute approximate surface area is 123 Å². The molecule has 2 aromatic rings. The highest BCUT2D eigenvalue weighted by Crippen LogP contribution is 2.25. The molecule has 0 unspecified atom stereocenters. The Morgan fingerprint density at radius 1 is 1.15 bits per heavy atom. The smallest absolute Gasteiger partial charge is 0.193 e. The molecule has 3 rings (SSSR count). The first-order valence-corrected chi connectivity index (χ1v) is 7.20. The van der Waals surface area contributed by atoms with Gasteiger partial charge >= 0.3 is 0 Å². The van der Waals surface area contributed by atoms with Gasteiger partial charge in [-0.05, 0) is 55.2 Å². The topological polar surface area (TPSA) is 29.1 Å². The number of aryl methyl sites for hydroxylation is 2. The van der Waals surface area contributed by atoms with E-state index in [9.17, 15) is 4.79 Å². The van der Waals surface area contributed by atoms with Gasteiger partial charge in [-0.3, -0.25) is 4.79 Å². The van der Waals surface area contributed by atoms with Crippen LogP contribution in [0.1, 0.15) is 33.5 Å². The highest BCUT2D eigenvalue weighted by molar-refractivity contribution is 6.31. The minimum atomic E-state index is 0.0280. The lowest BCUT2D eigenvalue weighted by Crippen LogP contribution is -2.12. The van der Waals surface area contributed by atoms with Crippen LogP contribution in [0.5, 0.6) is 0 Å². The second-order valence-electron chi connectivity index (χ2n) is 5.20. The summed E-state index contributed by atoms with van der Waals surface area (Å²) in [4.78, 5) is 12.5. The molecule has 0 saturated heterocycles. The molecule has 0 aromatic heterocycles. The maximum absolute atomic E-state index is 12.5. The summed E-state index contributed by atoms with van der Waals surface area (Å²) in [5, 5.41) is 3.99. The predicted octanol–water partition coefficient (Wildman–Crippen LogP) is 4.24. The first kappa shape index (κ1) is 13.2. The molecule has 0 radical (unpaired) electrons. The molecule has 0 fully saturated rings. The minimum absolute atomic E-state index is 0.0280. The lowest BCUT2D eigenvalue weighted by molar-refractivity contribution is 0.103. The molecule has 1 aliphatic heterocycles. The van der Waals surface area contributed by atoms with Gasteiger partial charge in [0.1, 0.15) is 0 Å². The molecule has 3 heteroatoms. The van der Waals surface area contributed by atoms with Gasteiger partial charge in [0.15, 0.2) is 5.78 Å². The highest BCUT2D eigenvalue weighted by atomic mass is 35.5. The highest BCUT2D eigenvalue weighted by Gasteiger charge is 2.14. The van der Waals surface area contributed by atoms with E-state index in [1.165, 1.54) is 5.56 Å². The fourth-order valence-electron chi connectivity index (χ4n) is 2.52. The number of hydrogen-bond acceptors (Lipinski definition) is 2. The van der Waals surface area contributed by atoms with E-state index in [2.05, 4.69) is 5.32 Å². The van der Waals surface area contributed by atoms with Crippen molar-refractivity contribution in [2.24, 2.45) is 0 Å². The molecule has 1 N–H and O–H groups in total. The zero-order valence-corrected chi connectivity index (χ0v) is 12.1. The van der Waals surface area contributed by atoms with Crippen molar-refractivity contribution in [1.82, 2.24) is 0 Å². The molecule has 0 spiro atoms. The van der Waals surface area contributed by atoms with Crippen LogP contribution >= 0.6 is 11.6 Å². The van der Waals surface area contributed by atoms with Gasteiger partial charge < -0.3 is 5.32 Å². The summed E-state index contributed by atoms with van der Waals surface area (Å²) in [6, 6.07) is 11.3. The van der Waals surface area contributed by atoms with E-state index in [0.717, 1.165) is 36.2 Å². The summed E-state index contributed by atoms with van der Waals surface area (Å²) < 4.78 is 0. The molecule has 0 amide bonds. The van der Waals surface area contributed by atoms with Crippen molar-refractivity contribution < 1.29 is 4.79 Å².